The zero-order valence-electron chi connectivity index (χ0n) is 18.1. The number of hydrogen-bond acceptors (Lipinski definition) is 7. The van der Waals surface area contributed by atoms with E-state index in [4.69, 9.17) is 9.47 Å². The fraction of sp³-hybridized carbons (Fsp3) is 0.273. The lowest BCUT2D eigenvalue weighted by Gasteiger charge is -2.28. The molecule has 1 unspecified atom stereocenters. The maximum Gasteiger partial charge on any atom is 0.255 e. The molecule has 2 aromatic carbocycles. The van der Waals surface area contributed by atoms with Crippen molar-refractivity contribution >= 4 is 33.5 Å². The van der Waals surface area contributed by atoms with Gasteiger partial charge >= 0.3 is 0 Å². The number of ether oxygens (including phenoxy) is 2. The first kappa shape index (κ1) is 21.8. The quantitative estimate of drug-likeness (QED) is 0.527. The highest BCUT2D eigenvalue weighted by Gasteiger charge is 2.35. The van der Waals surface area contributed by atoms with Crippen molar-refractivity contribution in [2.45, 2.75) is 26.8 Å². The van der Waals surface area contributed by atoms with E-state index in [-0.39, 0.29) is 5.91 Å². The summed E-state index contributed by atoms with van der Waals surface area (Å²) in [5, 5.41) is 18.1. The van der Waals surface area contributed by atoms with Crippen LogP contribution < -0.4 is 20.1 Å². The molecule has 0 bridgehead atoms. The molecule has 166 valence electrons. The SMILES string of the molecule is CCOc1cc(C2C(C(=O)Nc3ccc(C)cc3)=C(C)Nc3nnnn32)cc(Br)c1OC. The Kier molecular flexibility index (Phi) is 6.13. The summed E-state index contributed by atoms with van der Waals surface area (Å²) in [6.45, 7) is 6.19. The summed E-state index contributed by atoms with van der Waals surface area (Å²) >= 11 is 3.56. The Balaban J connectivity index is 1.81. The van der Waals surface area contributed by atoms with E-state index in [1.165, 1.54) is 0 Å². The van der Waals surface area contributed by atoms with Gasteiger partial charge in [0.1, 0.15) is 6.04 Å². The Morgan fingerprint density at radius 3 is 2.69 bits per heavy atom. The molecule has 2 heterocycles. The molecule has 0 saturated heterocycles. The highest BCUT2D eigenvalue weighted by molar-refractivity contribution is 9.10. The van der Waals surface area contributed by atoms with Crippen molar-refractivity contribution in [3.63, 3.8) is 0 Å². The fourth-order valence-electron chi connectivity index (χ4n) is 3.66. The van der Waals surface area contributed by atoms with Crippen LogP contribution in [-0.2, 0) is 4.79 Å². The van der Waals surface area contributed by atoms with Crippen molar-refractivity contribution in [3.05, 3.63) is 63.3 Å². The third kappa shape index (κ3) is 4.05. The third-order valence-electron chi connectivity index (χ3n) is 5.12. The molecule has 3 aromatic rings. The van der Waals surface area contributed by atoms with Crippen LogP contribution in [0.1, 0.15) is 31.0 Å². The first-order chi connectivity index (χ1) is 15.4. The van der Waals surface area contributed by atoms with Crippen LogP contribution in [0.2, 0.25) is 0 Å². The zero-order valence-corrected chi connectivity index (χ0v) is 19.7. The van der Waals surface area contributed by atoms with Gasteiger partial charge in [0.05, 0.1) is 23.8 Å². The van der Waals surface area contributed by atoms with Gasteiger partial charge in [-0.05, 0) is 77.0 Å². The molecule has 2 N–H and O–H groups in total. The van der Waals surface area contributed by atoms with Crippen LogP contribution in [0.15, 0.2) is 52.1 Å². The van der Waals surface area contributed by atoms with Crippen molar-refractivity contribution in [1.29, 1.82) is 0 Å². The van der Waals surface area contributed by atoms with Crippen LogP contribution in [0.4, 0.5) is 11.6 Å². The van der Waals surface area contributed by atoms with E-state index in [2.05, 4.69) is 42.1 Å². The second-order valence-corrected chi connectivity index (χ2v) is 8.15. The smallest absolute Gasteiger partial charge is 0.255 e. The van der Waals surface area contributed by atoms with Gasteiger partial charge in [-0.15, -0.1) is 0 Å². The van der Waals surface area contributed by atoms with Crippen LogP contribution in [0.5, 0.6) is 11.5 Å². The van der Waals surface area contributed by atoms with Crippen molar-refractivity contribution in [2.75, 3.05) is 24.4 Å². The summed E-state index contributed by atoms with van der Waals surface area (Å²) in [5.41, 5.74) is 3.73. The van der Waals surface area contributed by atoms with Crippen LogP contribution >= 0.6 is 15.9 Å². The van der Waals surface area contributed by atoms with E-state index in [1.807, 2.05) is 57.2 Å². The zero-order chi connectivity index (χ0) is 22.8. The molecule has 0 spiro atoms. The average Bonchev–Trinajstić information content (AvgIpc) is 3.22. The molecule has 1 atom stereocenters. The standard InChI is InChI=1S/C22H23BrN6O3/c1-5-32-17-11-14(10-16(23)20(17)31-4)19-18(13(3)24-22-26-27-28-29(19)22)21(30)25-15-8-6-12(2)7-9-15/h6-11,19H,5H2,1-4H3,(H,25,30)(H,24,26,28). The molecule has 9 nitrogen and oxygen atoms in total. The van der Waals surface area contributed by atoms with E-state index >= 15 is 0 Å². The Morgan fingerprint density at radius 1 is 1.25 bits per heavy atom. The minimum absolute atomic E-state index is 0.255. The summed E-state index contributed by atoms with van der Waals surface area (Å²) in [6, 6.07) is 10.8. The highest BCUT2D eigenvalue weighted by Crippen LogP contribution is 2.42. The molecule has 1 aliphatic heterocycles. The predicted octanol–water partition coefficient (Wildman–Crippen LogP) is 4.08. The number of carbonyl (C=O) groups excluding carboxylic acids is 1. The normalized spacial score (nSPS) is 15.1. The fourth-order valence-corrected chi connectivity index (χ4v) is 4.28. The topological polar surface area (TPSA) is 103 Å². The molecule has 0 radical (unpaired) electrons. The molecular weight excluding hydrogens is 476 g/mol. The van der Waals surface area contributed by atoms with Crippen molar-refractivity contribution in [1.82, 2.24) is 20.2 Å². The monoisotopic (exact) mass is 498 g/mol. The lowest BCUT2D eigenvalue weighted by atomic mass is 9.94. The first-order valence-corrected chi connectivity index (χ1v) is 10.9. The Hall–Kier alpha value is -3.40. The molecule has 0 saturated carbocycles. The van der Waals surface area contributed by atoms with Crippen molar-refractivity contribution in [3.8, 4) is 11.5 Å². The van der Waals surface area contributed by atoms with Gasteiger partial charge in [-0.25, -0.2) is 0 Å². The van der Waals surface area contributed by atoms with Crippen LogP contribution in [-0.4, -0.2) is 39.8 Å². The molecule has 1 aromatic heterocycles. The van der Waals surface area contributed by atoms with E-state index in [0.717, 1.165) is 11.1 Å². The maximum atomic E-state index is 13.4. The van der Waals surface area contributed by atoms with E-state index < -0.39 is 6.04 Å². The number of rotatable bonds is 6. The Labute approximate surface area is 193 Å². The summed E-state index contributed by atoms with van der Waals surface area (Å²) in [5.74, 6) is 1.33. The summed E-state index contributed by atoms with van der Waals surface area (Å²) in [6.07, 6.45) is 0. The molecule has 32 heavy (non-hydrogen) atoms. The molecule has 1 amide bonds. The number of fused-ring (bicyclic) bond motifs is 1. The van der Waals surface area contributed by atoms with Gasteiger partial charge < -0.3 is 20.1 Å². The molecule has 0 fully saturated rings. The van der Waals surface area contributed by atoms with Crippen LogP contribution in [0.3, 0.4) is 0 Å². The molecular formula is C22H23BrN6O3. The summed E-state index contributed by atoms with van der Waals surface area (Å²) in [4.78, 5) is 13.4. The second-order valence-electron chi connectivity index (χ2n) is 7.30. The summed E-state index contributed by atoms with van der Waals surface area (Å²) < 4.78 is 13.6. The molecule has 4 rings (SSSR count). The second kappa shape index (κ2) is 8.99. The first-order valence-electron chi connectivity index (χ1n) is 10.1. The summed E-state index contributed by atoms with van der Waals surface area (Å²) in [7, 11) is 1.58. The number of halogens is 1. The van der Waals surface area contributed by atoms with Crippen LogP contribution in [0, 0.1) is 6.92 Å². The minimum Gasteiger partial charge on any atom is -0.492 e. The maximum absolute atomic E-state index is 13.4. The van der Waals surface area contributed by atoms with Crippen molar-refractivity contribution < 1.29 is 14.3 Å². The number of nitrogens with one attached hydrogen (secondary N) is 2. The number of methoxy groups -OCH3 is 1. The number of tetrazole rings is 1. The van der Waals surface area contributed by atoms with Gasteiger partial charge in [0, 0.05) is 11.4 Å². The van der Waals surface area contributed by atoms with Crippen LogP contribution in [0.25, 0.3) is 0 Å². The molecule has 0 aliphatic carbocycles. The van der Waals surface area contributed by atoms with Gasteiger partial charge in [0.2, 0.25) is 5.95 Å². The van der Waals surface area contributed by atoms with E-state index in [1.54, 1.807) is 11.8 Å². The van der Waals surface area contributed by atoms with Gasteiger partial charge in [-0.2, -0.15) is 4.68 Å². The number of allylic oxidation sites excluding steroid dienone is 1. The lowest BCUT2D eigenvalue weighted by molar-refractivity contribution is -0.113. The number of aromatic nitrogens is 4. The van der Waals surface area contributed by atoms with Gasteiger partial charge in [0.15, 0.2) is 11.5 Å². The highest BCUT2D eigenvalue weighted by atomic mass is 79.9. The molecule has 1 aliphatic rings. The van der Waals surface area contributed by atoms with Gasteiger partial charge in [-0.1, -0.05) is 22.8 Å². The number of amides is 1. The Bertz CT molecular complexity index is 1190. The number of nitrogens with zero attached hydrogens (tertiary/aromatic N) is 4. The van der Waals surface area contributed by atoms with Gasteiger partial charge in [-0.3, -0.25) is 4.79 Å². The van der Waals surface area contributed by atoms with E-state index in [0.29, 0.717) is 45.5 Å². The largest absolute Gasteiger partial charge is 0.492 e. The number of benzene rings is 2. The number of aryl methyl sites for hydroxylation is 1. The van der Waals surface area contributed by atoms with Crippen molar-refractivity contribution in [2.24, 2.45) is 0 Å². The minimum atomic E-state index is -0.576. The number of hydrogen-bond donors (Lipinski definition) is 2. The third-order valence-corrected chi connectivity index (χ3v) is 5.71. The average molecular weight is 499 g/mol. The number of carbonyl (C=O) groups is 1. The molecule has 10 heteroatoms. The number of anilines is 2. The Morgan fingerprint density at radius 2 is 2.00 bits per heavy atom. The lowest BCUT2D eigenvalue weighted by Crippen LogP contribution is -2.31. The predicted molar refractivity (Wildman–Crippen MR) is 124 cm³/mol. The van der Waals surface area contributed by atoms with E-state index in [9.17, 15) is 4.79 Å². The van der Waals surface area contributed by atoms with Gasteiger partial charge in [0.25, 0.3) is 5.91 Å².